The lowest BCUT2D eigenvalue weighted by atomic mass is 10.1. The van der Waals surface area contributed by atoms with E-state index in [-0.39, 0.29) is 0 Å². The lowest BCUT2D eigenvalue weighted by molar-refractivity contribution is 0.250. The summed E-state index contributed by atoms with van der Waals surface area (Å²) in [6.07, 6.45) is 6.05. The fourth-order valence-electron chi connectivity index (χ4n) is 3.40. The van der Waals surface area contributed by atoms with E-state index < -0.39 is 0 Å². The molecule has 2 atom stereocenters. The van der Waals surface area contributed by atoms with Crippen LogP contribution < -0.4 is 10.2 Å². The molecule has 3 rings (SSSR count). The summed E-state index contributed by atoms with van der Waals surface area (Å²) in [6, 6.07) is 6.34. The number of pyridine rings is 1. The minimum Gasteiger partial charge on any atom is -0.357 e. The monoisotopic (exact) mass is 288 g/mol. The molecule has 21 heavy (non-hydrogen) atoms. The van der Waals surface area contributed by atoms with E-state index in [9.17, 15) is 0 Å². The number of fused-ring (bicyclic) bond motifs is 2. The SMILES string of the molecule is CC(C)N(C)c1ccc(CN2CCC3CCC(C2)N3)cn1. The molecule has 1 aromatic rings. The van der Waals surface area contributed by atoms with Gasteiger partial charge in [0.25, 0.3) is 0 Å². The van der Waals surface area contributed by atoms with E-state index in [0.29, 0.717) is 12.1 Å². The van der Waals surface area contributed by atoms with Gasteiger partial charge in [0.15, 0.2) is 0 Å². The van der Waals surface area contributed by atoms with Gasteiger partial charge in [-0.25, -0.2) is 4.98 Å². The molecule has 0 aromatic carbocycles. The summed E-state index contributed by atoms with van der Waals surface area (Å²) in [5.41, 5.74) is 1.33. The molecule has 0 aliphatic carbocycles. The van der Waals surface area contributed by atoms with Crippen molar-refractivity contribution in [3.05, 3.63) is 23.9 Å². The molecule has 1 aromatic heterocycles. The number of rotatable bonds is 4. The Morgan fingerprint density at radius 2 is 2.10 bits per heavy atom. The Bertz CT molecular complexity index is 456. The first kappa shape index (κ1) is 14.8. The number of hydrogen-bond acceptors (Lipinski definition) is 4. The minimum atomic E-state index is 0.482. The smallest absolute Gasteiger partial charge is 0.128 e. The molecule has 4 nitrogen and oxygen atoms in total. The van der Waals surface area contributed by atoms with E-state index in [1.165, 1.54) is 37.9 Å². The predicted molar refractivity (Wildman–Crippen MR) is 87.6 cm³/mol. The summed E-state index contributed by atoms with van der Waals surface area (Å²) in [5, 5.41) is 3.74. The fraction of sp³-hybridized carbons (Fsp3) is 0.706. The van der Waals surface area contributed by atoms with Crippen molar-refractivity contribution >= 4 is 5.82 Å². The Balaban J connectivity index is 1.60. The van der Waals surface area contributed by atoms with Gasteiger partial charge in [-0.05, 0) is 44.7 Å². The maximum atomic E-state index is 4.62. The van der Waals surface area contributed by atoms with Crippen LogP contribution in [0.15, 0.2) is 18.3 Å². The highest BCUT2D eigenvalue weighted by atomic mass is 15.2. The second-order valence-corrected chi connectivity index (χ2v) is 6.89. The molecular weight excluding hydrogens is 260 g/mol. The van der Waals surface area contributed by atoms with Gasteiger partial charge >= 0.3 is 0 Å². The first-order valence-corrected chi connectivity index (χ1v) is 8.28. The third-order valence-corrected chi connectivity index (χ3v) is 4.96. The summed E-state index contributed by atoms with van der Waals surface area (Å²) in [6.45, 7) is 7.80. The van der Waals surface area contributed by atoms with Gasteiger partial charge < -0.3 is 10.2 Å². The molecular formula is C17H28N4. The number of aromatic nitrogens is 1. The van der Waals surface area contributed by atoms with Crippen molar-refractivity contribution in [1.82, 2.24) is 15.2 Å². The highest BCUT2D eigenvalue weighted by molar-refractivity contribution is 5.39. The first-order valence-electron chi connectivity index (χ1n) is 8.28. The van der Waals surface area contributed by atoms with Crippen LogP contribution in [0.2, 0.25) is 0 Å². The molecule has 0 radical (unpaired) electrons. The minimum absolute atomic E-state index is 0.482. The number of anilines is 1. The van der Waals surface area contributed by atoms with Crippen molar-refractivity contribution in [3.8, 4) is 0 Å². The first-order chi connectivity index (χ1) is 10.1. The molecule has 2 aliphatic heterocycles. The maximum absolute atomic E-state index is 4.62. The van der Waals surface area contributed by atoms with E-state index in [4.69, 9.17) is 0 Å². The normalized spacial score (nSPS) is 26.1. The predicted octanol–water partition coefficient (Wildman–Crippen LogP) is 2.25. The lowest BCUT2D eigenvalue weighted by Gasteiger charge is -2.25. The molecule has 0 saturated carbocycles. The number of nitrogens with one attached hydrogen (secondary N) is 1. The Morgan fingerprint density at radius 1 is 1.29 bits per heavy atom. The van der Waals surface area contributed by atoms with Crippen molar-refractivity contribution < 1.29 is 0 Å². The van der Waals surface area contributed by atoms with E-state index in [1.54, 1.807) is 0 Å². The number of nitrogens with zero attached hydrogens (tertiary/aromatic N) is 3. The van der Waals surface area contributed by atoms with E-state index in [2.05, 4.69) is 53.1 Å². The highest BCUT2D eigenvalue weighted by Crippen LogP contribution is 2.22. The molecule has 2 bridgehead atoms. The zero-order valence-electron chi connectivity index (χ0n) is 13.5. The van der Waals surface area contributed by atoms with Crippen LogP contribution >= 0.6 is 0 Å². The fourth-order valence-corrected chi connectivity index (χ4v) is 3.40. The van der Waals surface area contributed by atoms with Crippen LogP contribution in [-0.2, 0) is 6.54 Å². The van der Waals surface area contributed by atoms with Gasteiger partial charge in [0, 0.05) is 51.0 Å². The molecule has 2 unspecified atom stereocenters. The molecule has 2 aliphatic rings. The third kappa shape index (κ3) is 3.55. The van der Waals surface area contributed by atoms with Gasteiger partial charge in [0.2, 0.25) is 0 Å². The van der Waals surface area contributed by atoms with E-state index >= 15 is 0 Å². The number of likely N-dealkylation sites (tertiary alicyclic amines) is 1. The number of hydrogen-bond donors (Lipinski definition) is 1. The van der Waals surface area contributed by atoms with Gasteiger partial charge in [0.05, 0.1) is 0 Å². The summed E-state index contributed by atoms with van der Waals surface area (Å²) < 4.78 is 0. The Hall–Kier alpha value is -1.13. The maximum Gasteiger partial charge on any atom is 0.128 e. The largest absolute Gasteiger partial charge is 0.357 e. The molecule has 0 spiro atoms. The molecule has 4 heteroatoms. The van der Waals surface area contributed by atoms with Crippen molar-refractivity contribution in [1.29, 1.82) is 0 Å². The van der Waals surface area contributed by atoms with E-state index in [0.717, 1.165) is 18.4 Å². The van der Waals surface area contributed by atoms with Crippen LogP contribution in [0.25, 0.3) is 0 Å². The van der Waals surface area contributed by atoms with Gasteiger partial charge in [-0.3, -0.25) is 4.90 Å². The van der Waals surface area contributed by atoms with Crippen molar-refractivity contribution in [2.75, 3.05) is 25.0 Å². The van der Waals surface area contributed by atoms with Crippen LogP contribution in [0.3, 0.4) is 0 Å². The summed E-state index contributed by atoms with van der Waals surface area (Å²) in [4.78, 5) is 9.41. The molecule has 0 amide bonds. The standard InChI is InChI=1S/C17H28N4/c1-13(2)20(3)17-7-4-14(10-18-17)11-21-9-8-15-5-6-16(12-21)19-15/h4,7,10,13,15-16,19H,5-6,8-9,11-12H2,1-3H3. The summed E-state index contributed by atoms with van der Waals surface area (Å²) >= 11 is 0. The molecule has 3 heterocycles. The lowest BCUT2D eigenvalue weighted by Crippen LogP contribution is -2.35. The topological polar surface area (TPSA) is 31.4 Å². The average Bonchev–Trinajstić information content (AvgIpc) is 2.81. The quantitative estimate of drug-likeness (QED) is 0.921. The van der Waals surface area contributed by atoms with Crippen LogP contribution in [0.4, 0.5) is 5.82 Å². The molecule has 1 N–H and O–H groups in total. The van der Waals surface area contributed by atoms with Crippen molar-refractivity contribution in [2.24, 2.45) is 0 Å². The Morgan fingerprint density at radius 3 is 2.81 bits per heavy atom. The van der Waals surface area contributed by atoms with E-state index in [1.807, 2.05) is 6.20 Å². The van der Waals surface area contributed by atoms with Crippen molar-refractivity contribution in [2.45, 2.75) is 57.8 Å². The van der Waals surface area contributed by atoms with Gasteiger partial charge in [0.1, 0.15) is 5.82 Å². The van der Waals surface area contributed by atoms with Gasteiger partial charge in [-0.2, -0.15) is 0 Å². The van der Waals surface area contributed by atoms with Gasteiger partial charge in [-0.1, -0.05) is 6.07 Å². The summed E-state index contributed by atoms with van der Waals surface area (Å²) in [7, 11) is 2.10. The second-order valence-electron chi connectivity index (χ2n) is 6.89. The molecule has 2 saturated heterocycles. The average molecular weight is 288 g/mol. The zero-order valence-corrected chi connectivity index (χ0v) is 13.5. The van der Waals surface area contributed by atoms with Crippen LogP contribution in [0, 0.1) is 0 Å². The van der Waals surface area contributed by atoms with Crippen molar-refractivity contribution in [3.63, 3.8) is 0 Å². The Labute approximate surface area is 128 Å². The third-order valence-electron chi connectivity index (χ3n) is 4.96. The molecule has 2 fully saturated rings. The van der Waals surface area contributed by atoms with Crippen LogP contribution in [0.1, 0.15) is 38.7 Å². The Kier molecular flexibility index (Phi) is 4.45. The van der Waals surface area contributed by atoms with Gasteiger partial charge in [-0.15, -0.1) is 0 Å². The van der Waals surface area contributed by atoms with Crippen LogP contribution in [-0.4, -0.2) is 48.1 Å². The highest BCUT2D eigenvalue weighted by Gasteiger charge is 2.29. The van der Waals surface area contributed by atoms with Crippen LogP contribution in [0.5, 0.6) is 0 Å². The second kappa shape index (κ2) is 6.32. The summed E-state index contributed by atoms with van der Waals surface area (Å²) in [5.74, 6) is 1.06. The molecule has 116 valence electrons. The zero-order chi connectivity index (χ0) is 14.8.